The number of pyridine rings is 1. The summed E-state index contributed by atoms with van der Waals surface area (Å²) in [6.07, 6.45) is 1.70. The van der Waals surface area contributed by atoms with Gasteiger partial charge in [-0.3, -0.25) is 10.1 Å². The molecule has 0 saturated carbocycles. The number of ether oxygens (including phenoxy) is 1. The maximum Gasteiger partial charge on any atom is 0.350 e. The van der Waals surface area contributed by atoms with Gasteiger partial charge in [-0.1, -0.05) is 11.3 Å². The van der Waals surface area contributed by atoms with Crippen molar-refractivity contribution in [3.8, 4) is 0 Å². The Morgan fingerprint density at radius 3 is 2.62 bits per heavy atom. The molecular formula is C17H19N5O3S. The van der Waals surface area contributed by atoms with Crippen LogP contribution in [0.4, 0.5) is 5.13 Å². The summed E-state index contributed by atoms with van der Waals surface area (Å²) in [5.41, 5.74) is 2.29. The number of aryl methyl sites for hydroxylation is 2. The number of fused-ring (bicyclic) bond motifs is 1. The summed E-state index contributed by atoms with van der Waals surface area (Å²) < 4.78 is 6.52. The Morgan fingerprint density at radius 1 is 1.23 bits per heavy atom. The normalized spacial score (nSPS) is 11.2. The van der Waals surface area contributed by atoms with Crippen molar-refractivity contribution in [3.05, 3.63) is 34.1 Å². The molecule has 0 fully saturated rings. The molecule has 9 heteroatoms. The zero-order chi connectivity index (χ0) is 19.0. The Hall–Kier alpha value is -2.81. The molecule has 8 nitrogen and oxygen atoms in total. The lowest BCUT2D eigenvalue weighted by atomic mass is 10.1. The molecule has 1 N–H and O–H groups in total. The van der Waals surface area contributed by atoms with Crippen molar-refractivity contribution in [2.75, 3.05) is 12.4 Å². The minimum atomic E-state index is -0.471. The van der Waals surface area contributed by atoms with Gasteiger partial charge in [0.25, 0.3) is 5.91 Å². The Kier molecular flexibility index (Phi) is 4.73. The number of esters is 1. The fourth-order valence-corrected chi connectivity index (χ4v) is 3.45. The molecule has 0 bridgehead atoms. The van der Waals surface area contributed by atoms with Crippen LogP contribution in [0.3, 0.4) is 0 Å². The van der Waals surface area contributed by atoms with Gasteiger partial charge in [0.05, 0.1) is 30.3 Å². The summed E-state index contributed by atoms with van der Waals surface area (Å²) >= 11 is 1.08. The van der Waals surface area contributed by atoms with Crippen LogP contribution in [0.5, 0.6) is 0 Å². The molecule has 0 spiro atoms. The molecule has 0 saturated heterocycles. The third-order valence-corrected chi connectivity index (χ3v) is 4.93. The van der Waals surface area contributed by atoms with Crippen LogP contribution in [0.15, 0.2) is 12.3 Å². The van der Waals surface area contributed by atoms with Crippen molar-refractivity contribution in [1.82, 2.24) is 19.7 Å². The number of anilines is 1. The number of carbonyl (C=O) groups is 2. The fraction of sp³-hybridized carbons (Fsp3) is 0.353. The van der Waals surface area contributed by atoms with Crippen molar-refractivity contribution >= 4 is 39.4 Å². The van der Waals surface area contributed by atoms with Crippen molar-refractivity contribution in [2.24, 2.45) is 0 Å². The van der Waals surface area contributed by atoms with Gasteiger partial charge in [0, 0.05) is 11.4 Å². The van der Waals surface area contributed by atoms with Gasteiger partial charge >= 0.3 is 5.97 Å². The molecule has 3 aromatic rings. The number of nitrogens with zero attached hydrogens (tertiary/aromatic N) is 4. The SMILES string of the molecule is COC(=O)c1sc(NC(=O)c2cc3cnn(C(C)C)c3nc2C)nc1C. The molecular weight excluding hydrogens is 354 g/mol. The minimum Gasteiger partial charge on any atom is -0.465 e. The highest BCUT2D eigenvalue weighted by atomic mass is 32.1. The first kappa shape index (κ1) is 18.0. The Labute approximate surface area is 154 Å². The Balaban J connectivity index is 1.91. The molecule has 3 rings (SSSR count). The van der Waals surface area contributed by atoms with Gasteiger partial charge in [0.2, 0.25) is 0 Å². The predicted octanol–water partition coefficient (Wildman–Crippen LogP) is 3.12. The zero-order valence-electron chi connectivity index (χ0n) is 15.2. The average Bonchev–Trinajstić information content (AvgIpc) is 3.16. The number of hydrogen-bond acceptors (Lipinski definition) is 7. The van der Waals surface area contributed by atoms with Gasteiger partial charge < -0.3 is 4.74 Å². The number of nitrogens with one attached hydrogen (secondary N) is 1. The number of thiazole rings is 1. The molecule has 0 aromatic carbocycles. The van der Waals surface area contributed by atoms with Crippen LogP contribution in [-0.4, -0.2) is 38.7 Å². The number of hydrogen-bond donors (Lipinski definition) is 1. The van der Waals surface area contributed by atoms with E-state index in [9.17, 15) is 9.59 Å². The molecule has 1 amide bonds. The van der Waals surface area contributed by atoms with E-state index in [1.807, 2.05) is 18.5 Å². The van der Waals surface area contributed by atoms with Gasteiger partial charge in [0.15, 0.2) is 10.8 Å². The number of carbonyl (C=O) groups excluding carboxylic acids is 2. The molecule has 136 valence electrons. The van der Waals surface area contributed by atoms with Crippen LogP contribution in [-0.2, 0) is 4.74 Å². The zero-order valence-corrected chi connectivity index (χ0v) is 16.0. The lowest BCUT2D eigenvalue weighted by Crippen LogP contribution is -2.14. The van der Waals surface area contributed by atoms with E-state index in [2.05, 4.69) is 20.4 Å². The first-order chi connectivity index (χ1) is 12.3. The van der Waals surface area contributed by atoms with Gasteiger partial charge in [-0.25, -0.2) is 19.4 Å². The molecule has 0 atom stereocenters. The van der Waals surface area contributed by atoms with Gasteiger partial charge in [0.1, 0.15) is 4.88 Å². The second-order valence-corrected chi connectivity index (χ2v) is 7.10. The standard InChI is InChI=1S/C17H19N5O3S/c1-8(2)22-14-11(7-18-22)6-12(9(3)19-14)15(23)21-17-20-10(4)13(26-17)16(24)25-5/h6-8H,1-5H3,(H,20,21,23). The molecule has 0 aliphatic heterocycles. The monoisotopic (exact) mass is 373 g/mol. The molecule has 0 aliphatic rings. The summed E-state index contributed by atoms with van der Waals surface area (Å²) in [5, 5.41) is 8.18. The Bertz CT molecular complexity index is 1010. The van der Waals surface area contributed by atoms with E-state index < -0.39 is 5.97 Å². The predicted molar refractivity (Wildman–Crippen MR) is 98.8 cm³/mol. The van der Waals surface area contributed by atoms with Crippen molar-refractivity contribution in [1.29, 1.82) is 0 Å². The molecule has 0 aliphatic carbocycles. The van der Waals surface area contributed by atoms with E-state index in [-0.39, 0.29) is 11.9 Å². The van der Waals surface area contributed by atoms with Crippen LogP contribution < -0.4 is 5.32 Å². The van der Waals surface area contributed by atoms with Crippen LogP contribution in [0.1, 0.15) is 51.3 Å². The smallest absolute Gasteiger partial charge is 0.350 e. The number of aromatic nitrogens is 4. The third-order valence-electron chi connectivity index (χ3n) is 3.88. The van der Waals surface area contributed by atoms with Crippen LogP contribution in [0, 0.1) is 13.8 Å². The lowest BCUT2D eigenvalue weighted by Gasteiger charge is -2.09. The number of amides is 1. The number of rotatable bonds is 4. The molecule has 0 radical (unpaired) electrons. The molecule has 3 aromatic heterocycles. The quantitative estimate of drug-likeness (QED) is 0.706. The second-order valence-electron chi connectivity index (χ2n) is 6.10. The Morgan fingerprint density at radius 2 is 1.96 bits per heavy atom. The number of methoxy groups -OCH3 is 1. The highest BCUT2D eigenvalue weighted by molar-refractivity contribution is 7.17. The van der Waals surface area contributed by atoms with Crippen molar-refractivity contribution < 1.29 is 14.3 Å². The lowest BCUT2D eigenvalue weighted by molar-refractivity contribution is 0.0605. The van der Waals surface area contributed by atoms with Gasteiger partial charge in [-0.05, 0) is 33.8 Å². The van der Waals surface area contributed by atoms with Crippen molar-refractivity contribution in [3.63, 3.8) is 0 Å². The minimum absolute atomic E-state index is 0.175. The second kappa shape index (κ2) is 6.83. The fourth-order valence-electron chi connectivity index (χ4n) is 2.57. The largest absolute Gasteiger partial charge is 0.465 e. The van der Waals surface area contributed by atoms with Gasteiger partial charge in [-0.15, -0.1) is 0 Å². The highest BCUT2D eigenvalue weighted by Gasteiger charge is 2.19. The molecule has 26 heavy (non-hydrogen) atoms. The summed E-state index contributed by atoms with van der Waals surface area (Å²) in [7, 11) is 1.31. The first-order valence-corrected chi connectivity index (χ1v) is 8.85. The van der Waals surface area contributed by atoms with Crippen LogP contribution in [0.25, 0.3) is 11.0 Å². The summed E-state index contributed by atoms with van der Waals surface area (Å²) in [6.45, 7) is 7.51. The maximum atomic E-state index is 12.7. The summed E-state index contributed by atoms with van der Waals surface area (Å²) in [4.78, 5) is 33.4. The first-order valence-electron chi connectivity index (χ1n) is 8.03. The summed E-state index contributed by atoms with van der Waals surface area (Å²) in [6, 6.07) is 1.94. The van der Waals surface area contributed by atoms with E-state index >= 15 is 0 Å². The van der Waals surface area contributed by atoms with E-state index in [4.69, 9.17) is 4.74 Å². The highest BCUT2D eigenvalue weighted by Crippen LogP contribution is 2.25. The van der Waals surface area contributed by atoms with E-state index in [1.54, 1.807) is 26.1 Å². The maximum absolute atomic E-state index is 12.7. The topological polar surface area (TPSA) is 99.0 Å². The van der Waals surface area contributed by atoms with Crippen molar-refractivity contribution in [2.45, 2.75) is 33.7 Å². The van der Waals surface area contributed by atoms with E-state index in [0.717, 1.165) is 22.4 Å². The third kappa shape index (κ3) is 3.17. The van der Waals surface area contributed by atoms with Crippen LogP contribution >= 0.6 is 11.3 Å². The molecule has 0 unspecified atom stereocenters. The van der Waals surface area contributed by atoms with E-state index in [0.29, 0.717) is 27.0 Å². The summed E-state index contributed by atoms with van der Waals surface area (Å²) in [5.74, 6) is -0.805. The van der Waals surface area contributed by atoms with Gasteiger partial charge in [-0.2, -0.15) is 5.10 Å². The van der Waals surface area contributed by atoms with Crippen LogP contribution in [0.2, 0.25) is 0 Å². The van der Waals surface area contributed by atoms with E-state index in [1.165, 1.54) is 7.11 Å². The average molecular weight is 373 g/mol. The molecule has 3 heterocycles.